The van der Waals surface area contributed by atoms with Crippen LogP contribution in [0.5, 0.6) is 0 Å². The Bertz CT molecular complexity index is 727. The number of aryl methyl sites for hydroxylation is 2. The molecule has 1 atom stereocenters. The minimum absolute atomic E-state index is 0.248. The van der Waals surface area contributed by atoms with Gasteiger partial charge in [0.15, 0.2) is 5.30 Å². The van der Waals surface area contributed by atoms with E-state index in [2.05, 4.69) is 78.4 Å². The van der Waals surface area contributed by atoms with Gasteiger partial charge in [0.05, 0.1) is 11.9 Å². The van der Waals surface area contributed by atoms with E-state index in [0.29, 0.717) is 0 Å². The molecule has 3 heteroatoms. The van der Waals surface area contributed by atoms with E-state index in [0.717, 1.165) is 16.8 Å². The van der Waals surface area contributed by atoms with Crippen LogP contribution >= 0.6 is 7.53 Å². The first-order valence-electron chi connectivity index (χ1n) is 7.26. The number of allylic oxidation sites excluding steroid dienone is 1. The van der Waals surface area contributed by atoms with Crippen LogP contribution in [0.2, 0.25) is 0 Å². The quantitative estimate of drug-likeness (QED) is 0.747. The maximum absolute atomic E-state index is 4.38. The Labute approximate surface area is 134 Å². The first kappa shape index (κ1) is 16.3. The van der Waals surface area contributed by atoms with Gasteiger partial charge in [0.2, 0.25) is 0 Å². The van der Waals surface area contributed by atoms with Crippen LogP contribution in [0.1, 0.15) is 23.5 Å². The third-order valence-corrected chi connectivity index (χ3v) is 5.24. The maximum atomic E-state index is 4.38. The molecule has 1 aromatic carbocycles. The van der Waals surface area contributed by atoms with Gasteiger partial charge in [0.1, 0.15) is 20.0 Å². The molecular formula is C19H22N2P+. The summed E-state index contributed by atoms with van der Waals surface area (Å²) in [6.07, 6.45) is 4.08. The fourth-order valence-corrected chi connectivity index (χ4v) is 3.50. The lowest BCUT2D eigenvalue weighted by molar-refractivity contribution is 1.13. The fourth-order valence-electron chi connectivity index (χ4n) is 2.11. The summed E-state index contributed by atoms with van der Waals surface area (Å²) in [5.41, 5.74) is 4.40. The number of aromatic nitrogens is 1. The van der Waals surface area contributed by atoms with Crippen LogP contribution in [0.25, 0.3) is 6.08 Å². The Kier molecular flexibility index (Phi) is 5.36. The third kappa shape index (κ3) is 4.20. The molecule has 1 heterocycles. The molecule has 2 nitrogen and oxygen atoms in total. The zero-order chi connectivity index (χ0) is 16.1. The topological polar surface area (TPSA) is 16.1 Å². The monoisotopic (exact) mass is 309 g/mol. The molecule has 112 valence electrons. The summed E-state index contributed by atoms with van der Waals surface area (Å²) in [4.78, 5) is 6.46. The van der Waals surface area contributed by atoms with Crippen LogP contribution in [-0.4, -0.2) is 19.1 Å². The Morgan fingerprint density at radius 2 is 1.91 bits per heavy atom. The predicted octanol–water partition coefficient (Wildman–Crippen LogP) is 4.72. The van der Waals surface area contributed by atoms with E-state index < -0.39 is 0 Å². The largest absolute Gasteiger partial charge is 0.378 e. The average molecular weight is 309 g/mol. The molecule has 0 aliphatic heterocycles. The van der Waals surface area contributed by atoms with Crippen molar-refractivity contribution in [3.8, 4) is 11.8 Å². The summed E-state index contributed by atoms with van der Waals surface area (Å²) in [7, 11) is 3.83. The minimum Gasteiger partial charge on any atom is -0.378 e. The number of rotatable bonds is 2. The van der Waals surface area contributed by atoms with Gasteiger partial charge < -0.3 is 4.90 Å². The smallest absolute Gasteiger partial charge is 0.170 e. The van der Waals surface area contributed by atoms with Crippen LogP contribution in [0.4, 0.5) is 5.69 Å². The molecule has 0 spiro atoms. The third-order valence-electron chi connectivity index (χ3n) is 3.45. The van der Waals surface area contributed by atoms with Crippen LogP contribution in [0, 0.1) is 18.8 Å². The van der Waals surface area contributed by atoms with Crippen molar-refractivity contribution in [1.29, 1.82) is 0 Å². The summed E-state index contributed by atoms with van der Waals surface area (Å²) < 4.78 is 0. The SMILES string of the molecule is C/C(C#Cc1ccc(N(C)C)cc1)=C\c1c(C)ncc[p+]1C. The van der Waals surface area contributed by atoms with E-state index in [1.165, 1.54) is 11.0 Å². The molecule has 2 rings (SSSR count). The van der Waals surface area contributed by atoms with Gasteiger partial charge in [0.25, 0.3) is 0 Å². The van der Waals surface area contributed by atoms with Crippen molar-refractivity contribution < 1.29 is 0 Å². The number of hydrogen-bond acceptors (Lipinski definition) is 2. The highest BCUT2D eigenvalue weighted by Crippen LogP contribution is 2.31. The Balaban J connectivity index is 2.22. The number of anilines is 1. The highest BCUT2D eigenvalue weighted by molar-refractivity contribution is 7.48. The number of benzene rings is 1. The molecule has 0 fully saturated rings. The van der Waals surface area contributed by atoms with Crippen LogP contribution < -0.4 is 4.90 Å². The van der Waals surface area contributed by atoms with Crippen molar-refractivity contribution in [2.24, 2.45) is 6.66 Å². The molecule has 0 saturated heterocycles. The highest BCUT2D eigenvalue weighted by Gasteiger charge is 2.09. The molecule has 2 aromatic rings. The first-order valence-corrected chi connectivity index (χ1v) is 9.12. The maximum Gasteiger partial charge on any atom is 0.170 e. The van der Waals surface area contributed by atoms with E-state index in [1.54, 1.807) is 0 Å². The van der Waals surface area contributed by atoms with Crippen molar-refractivity contribution in [1.82, 2.24) is 4.98 Å². The van der Waals surface area contributed by atoms with Gasteiger partial charge in [-0.05, 0) is 38.1 Å². The second-order valence-electron chi connectivity index (χ2n) is 5.53. The molecular weight excluding hydrogens is 287 g/mol. The van der Waals surface area contributed by atoms with Gasteiger partial charge in [-0.2, -0.15) is 0 Å². The van der Waals surface area contributed by atoms with Crippen molar-refractivity contribution in [3.05, 3.63) is 58.4 Å². The summed E-state index contributed by atoms with van der Waals surface area (Å²) >= 11 is 0. The van der Waals surface area contributed by atoms with E-state index in [4.69, 9.17) is 0 Å². The summed E-state index contributed by atoms with van der Waals surface area (Å²) in [6, 6.07) is 8.30. The molecule has 22 heavy (non-hydrogen) atoms. The molecule has 1 unspecified atom stereocenters. The lowest BCUT2D eigenvalue weighted by atomic mass is 10.2. The predicted molar refractivity (Wildman–Crippen MR) is 98.4 cm³/mol. The van der Waals surface area contributed by atoms with Gasteiger partial charge in [-0.1, -0.05) is 11.8 Å². The molecule has 0 radical (unpaired) electrons. The molecule has 0 aliphatic carbocycles. The Morgan fingerprint density at radius 3 is 2.50 bits per heavy atom. The van der Waals surface area contributed by atoms with Crippen molar-refractivity contribution in [2.75, 3.05) is 19.0 Å². The van der Waals surface area contributed by atoms with E-state index in [9.17, 15) is 0 Å². The van der Waals surface area contributed by atoms with Gasteiger partial charge in [-0.15, -0.1) is 0 Å². The Morgan fingerprint density at radius 1 is 1.23 bits per heavy atom. The normalized spacial score (nSPS) is 11.7. The molecule has 0 saturated carbocycles. The molecule has 0 aliphatic rings. The molecule has 0 N–H and O–H groups in total. The lowest BCUT2D eigenvalue weighted by Crippen LogP contribution is -2.07. The highest BCUT2D eigenvalue weighted by atomic mass is 31.1. The van der Waals surface area contributed by atoms with Crippen LogP contribution in [0.15, 0.2) is 41.8 Å². The number of hydrogen-bond donors (Lipinski definition) is 0. The molecule has 0 bridgehead atoms. The van der Waals surface area contributed by atoms with Crippen LogP contribution in [-0.2, 0) is 6.66 Å². The summed E-state index contributed by atoms with van der Waals surface area (Å²) in [5.74, 6) is 8.65. The Hall–Kier alpha value is -2.10. The zero-order valence-corrected chi connectivity index (χ0v) is 14.8. The van der Waals surface area contributed by atoms with E-state index >= 15 is 0 Å². The van der Waals surface area contributed by atoms with E-state index in [1.807, 2.05) is 20.3 Å². The molecule has 0 amide bonds. The van der Waals surface area contributed by atoms with Crippen molar-refractivity contribution >= 4 is 19.3 Å². The minimum atomic E-state index is -0.248. The first-order chi connectivity index (χ1) is 10.5. The number of nitrogens with zero attached hydrogens (tertiary/aromatic N) is 2. The average Bonchev–Trinajstić information content (AvgIpc) is 2.49. The zero-order valence-electron chi connectivity index (χ0n) is 13.9. The van der Waals surface area contributed by atoms with Crippen LogP contribution in [0.3, 0.4) is 0 Å². The second-order valence-corrected chi connectivity index (χ2v) is 7.53. The summed E-state index contributed by atoms with van der Waals surface area (Å²) in [5, 5.41) is 1.31. The van der Waals surface area contributed by atoms with Crippen molar-refractivity contribution in [3.63, 3.8) is 0 Å². The van der Waals surface area contributed by atoms with Gasteiger partial charge in [-0.25, -0.2) is 0 Å². The van der Waals surface area contributed by atoms with Gasteiger partial charge in [-0.3, -0.25) is 4.98 Å². The second kappa shape index (κ2) is 7.25. The van der Waals surface area contributed by atoms with Gasteiger partial charge in [0, 0.05) is 37.0 Å². The molecule has 1 aromatic heterocycles. The fraction of sp³-hybridized carbons (Fsp3) is 0.263. The van der Waals surface area contributed by atoms with Gasteiger partial charge >= 0.3 is 0 Å². The van der Waals surface area contributed by atoms with E-state index in [-0.39, 0.29) is 7.53 Å². The summed E-state index contributed by atoms with van der Waals surface area (Å²) in [6.45, 7) is 6.37. The van der Waals surface area contributed by atoms with Crippen molar-refractivity contribution in [2.45, 2.75) is 13.8 Å². The standard InChI is InChI=1S/C19H22N2P/c1-15(14-19-16(2)20-12-13-22(19)5)6-7-17-8-10-18(11-9-17)21(3)4/h8-14H,1-5H3/q+1/b15-14+. The lowest BCUT2D eigenvalue weighted by Gasteiger charge is -2.11.